The first-order valence-corrected chi connectivity index (χ1v) is 7.45. The highest BCUT2D eigenvalue weighted by Crippen LogP contribution is 2.32. The molecule has 0 bridgehead atoms. The van der Waals surface area contributed by atoms with Gasteiger partial charge < -0.3 is 10.0 Å². The molecule has 19 heavy (non-hydrogen) atoms. The van der Waals surface area contributed by atoms with E-state index in [-0.39, 0.29) is 5.91 Å². The van der Waals surface area contributed by atoms with Crippen molar-refractivity contribution >= 4 is 43.7 Å². The molecule has 4 nitrogen and oxygen atoms in total. The molecule has 1 amide bonds. The van der Waals surface area contributed by atoms with Crippen LogP contribution in [0.2, 0.25) is 0 Å². The van der Waals surface area contributed by atoms with Crippen LogP contribution in [0.4, 0.5) is 0 Å². The average molecular weight is 391 g/mol. The van der Waals surface area contributed by atoms with E-state index in [1.807, 2.05) is 6.07 Å². The van der Waals surface area contributed by atoms with Gasteiger partial charge in [-0.15, -0.1) is 0 Å². The van der Waals surface area contributed by atoms with Crippen LogP contribution < -0.4 is 0 Å². The smallest absolute Gasteiger partial charge is 0.329 e. The number of carboxylic acids is 1. The van der Waals surface area contributed by atoms with Crippen molar-refractivity contribution in [3.8, 4) is 0 Å². The van der Waals surface area contributed by atoms with E-state index in [1.54, 1.807) is 19.1 Å². The molecule has 102 valence electrons. The van der Waals surface area contributed by atoms with Gasteiger partial charge in [0.1, 0.15) is 5.54 Å². The number of amides is 1. The van der Waals surface area contributed by atoms with Crippen molar-refractivity contribution in [2.45, 2.75) is 25.3 Å². The minimum atomic E-state index is -1.11. The van der Waals surface area contributed by atoms with Crippen LogP contribution in [0.3, 0.4) is 0 Å². The predicted octanol–water partition coefficient (Wildman–Crippen LogP) is 3.29. The molecule has 1 aromatic rings. The van der Waals surface area contributed by atoms with Crippen molar-refractivity contribution in [1.29, 1.82) is 0 Å². The van der Waals surface area contributed by atoms with Gasteiger partial charge in [0.2, 0.25) is 0 Å². The molecule has 1 aliphatic heterocycles. The number of halogens is 2. The Bertz CT molecular complexity index is 547. The summed E-state index contributed by atoms with van der Waals surface area (Å²) in [7, 11) is 0. The lowest BCUT2D eigenvalue weighted by molar-refractivity contribution is -0.147. The van der Waals surface area contributed by atoms with Crippen molar-refractivity contribution in [2.24, 2.45) is 0 Å². The molecule has 0 spiro atoms. The molecule has 1 saturated heterocycles. The summed E-state index contributed by atoms with van der Waals surface area (Å²) in [6, 6.07) is 5.29. The monoisotopic (exact) mass is 389 g/mol. The number of nitrogens with zero attached hydrogens (tertiary/aromatic N) is 1. The zero-order valence-corrected chi connectivity index (χ0v) is 13.5. The highest BCUT2D eigenvalue weighted by molar-refractivity contribution is 9.11. The Morgan fingerprint density at radius 2 is 2.05 bits per heavy atom. The van der Waals surface area contributed by atoms with Crippen molar-refractivity contribution in [3.05, 3.63) is 32.7 Å². The van der Waals surface area contributed by atoms with Gasteiger partial charge >= 0.3 is 5.97 Å². The molecule has 1 heterocycles. The summed E-state index contributed by atoms with van der Waals surface area (Å²) in [4.78, 5) is 25.4. The van der Waals surface area contributed by atoms with E-state index in [2.05, 4.69) is 31.9 Å². The third kappa shape index (κ3) is 2.56. The first-order valence-electron chi connectivity index (χ1n) is 5.86. The third-order valence-corrected chi connectivity index (χ3v) is 4.69. The number of hydrogen-bond donors (Lipinski definition) is 1. The molecule has 1 aromatic carbocycles. The van der Waals surface area contributed by atoms with Crippen LogP contribution in [0.15, 0.2) is 27.1 Å². The lowest BCUT2D eigenvalue weighted by Crippen LogP contribution is -2.50. The molecule has 1 fully saturated rings. The second kappa shape index (κ2) is 5.25. The van der Waals surface area contributed by atoms with Gasteiger partial charge in [0.05, 0.1) is 5.56 Å². The van der Waals surface area contributed by atoms with Gasteiger partial charge in [0, 0.05) is 15.5 Å². The average Bonchev–Trinajstić information content (AvgIpc) is 2.75. The third-order valence-electron chi connectivity index (χ3n) is 3.51. The van der Waals surface area contributed by atoms with Gasteiger partial charge in [0.25, 0.3) is 5.91 Å². The Kier molecular flexibility index (Phi) is 4.01. The van der Waals surface area contributed by atoms with Crippen molar-refractivity contribution in [1.82, 2.24) is 4.90 Å². The maximum absolute atomic E-state index is 12.6. The lowest BCUT2D eigenvalue weighted by Gasteiger charge is -2.31. The highest BCUT2D eigenvalue weighted by atomic mass is 79.9. The Morgan fingerprint density at radius 3 is 2.68 bits per heavy atom. The molecule has 1 aliphatic rings. The fourth-order valence-corrected chi connectivity index (χ4v) is 3.10. The molecular formula is C13H13Br2NO3. The first kappa shape index (κ1) is 14.5. The Hall–Kier alpha value is -0.880. The van der Waals surface area contributed by atoms with E-state index in [0.29, 0.717) is 29.4 Å². The number of aliphatic carboxylic acids is 1. The maximum Gasteiger partial charge on any atom is 0.329 e. The minimum absolute atomic E-state index is 0.254. The van der Waals surface area contributed by atoms with E-state index in [1.165, 1.54) is 4.90 Å². The predicted molar refractivity (Wildman–Crippen MR) is 78.2 cm³/mol. The standard InChI is InChI=1S/C13H13Br2NO3/c1-13(12(18)19)5-2-6-16(13)11(17)9-7-8(14)3-4-10(9)15/h3-4,7H,2,5-6H2,1H3,(H,18,19). The van der Waals surface area contributed by atoms with Crippen molar-refractivity contribution in [3.63, 3.8) is 0 Å². The minimum Gasteiger partial charge on any atom is -0.480 e. The van der Waals surface area contributed by atoms with E-state index in [9.17, 15) is 14.7 Å². The molecular weight excluding hydrogens is 378 g/mol. The molecule has 1 N–H and O–H groups in total. The molecule has 0 saturated carbocycles. The normalized spacial score (nSPS) is 22.6. The Morgan fingerprint density at radius 1 is 1.37 bits per heavy atom. The zero-order valence-electron chi connectivity index (χ0n) is 10.3. The van der Waals surface area contributed by atoms with Crippen LogP contribution in [0.25, 0.3) is 0 Å². The van der Waals surface area contributed by atoms with Crippen LogP contribution in [0.5, 0.6) is 0 Å². The van der Waals surface area contributed by atoms with Crippen molar-refractivity contribution in [2.75, 3.05) is 6.54 Å². The lowest BCUT2D eigenvalue weighted by atomic mass is 9.98. The van der Waals surface area contributed by atoms with Crippen LogP contribution >= 0.6 is 31.9 Å². The van der Waals surface area contributed by atoms with Crippen LogP contribution in [0.1, 0.15) is 30.1 Å². The molecule has 1 atom stereocenters. The molecule has 0 aliphatic carbocycles. The number of rotatable bonds is 2. The van der Waals surface area contributed by atoms with E-state index in [4.69, 9.17) is 0 Å². The van der Waals surface area contributed by atoms with Gasteiger partial charge in [-0.05, 0) is 53.9 Å². The number of carbonyl (C=O) groups is 2. The van der Waals surface area contributed by atoms with Crippen LogP contribution in [0, 0.1) is 0 Å². The summed E-state index contributed by atoms with van der Waals surface area (Å²) in [5.41, 5.74) is -0.637. The van der Waals surface area contributed by atoms with Gasteiger partial charge in [-0.1, -0.05) is 15.9 Å². The second-order valence-electron chi connectivity index (χ2n) is 4.76. The number of hydrogen-bond acceptors (Lipinski definition) is 2. The van der Waals surface area contributed by atoms with Gasteiger partial charge in [-0.2, -0.15) is 0 Å². The molecule has 2 rings (SSSR count). The summed E-state index contributed by atoms with van der Waals surface area (Å²) in [6.07, 6.45) is 1.19. The number of carbonyl (C=O) groups excluding carboxylic acids is 1. The van der Waals surface area contributed by atoms with Gasteiger partial charge in [-0.3, -0.25) is 4.79 Å². The SMILES string of the molecule is CC1(C(=O)O)CCCN1C(=O)c1cc(Br)ccc1Br. The fourth-order valence-electron chi connectivity index (χ4n) is 2.32. The molecule has 6 heteroatoms. The first-order chi connectivity index (χ1) is 8.86. The van der Waals surface area contributed by atoms with Gasteiger partial charge in [-0.25, -0.2) is 4.79 Å². The fraction of sp³-hybridized carbons (Fsp3) is 0.385. The number of benzene rings is 1. The Labute approximate surface area is 128 Å². The van der Waals surface area contributed by atoms with E-state index in [0.717, 1.165) is 4.47 Å². The Balaban J connectivity index is 2.39. The summed E-state index contributed by atoms with van der Waals surface area (Å²) >= 11 is 6.66. The quantitative estimate of drug-likeness (QED) is 0.842. The summed E-state index contributed by atoms with van der Waals surface area (Å²) < 4.78 is 1.45. The number of carboxylic acid groups (broad SMARTS) is 1. The topological polar surface area (TPSA) is 57.6 Å². The van der Waals surface area contributed by atoms with E-state index < -0.39 is 11.5 Å². The van der Waals surface area contributed by atoms with E-state index >= 15 is 0 Å². The molecule has 0 aromatic heterocycles. The maximum atomic E-state index is 12.6. The molecule has 0 radical (unpaired) electrons. The summed E-state index contributed by atoms with van der Waals surface area (Å²) in [6.45, 7) is 2.08. The van der Waals surface area contributed by atoms with Crippen molar-refractivity contribution < 1.29 is 14.7 Å². The van der Waals surface area contributed by atoms with Crippen LogP contribution in [-0.4, -0.2) is 34.0 Å². The highest BCUT2D eigenvalue weighted by Gasteiger charge is 2.46. The zero-order chi connectivity index (χ0) is 14.2. The summed E-state index contributed by atoms with van der Waals surface area (Å²) in [5.74, 6) is -1.21. The second-order valence-corrected chi connectivity index (χ2v) is 6.53. The number of likely N-dealkylation sites (tertiary alicyclic amines) is 1. The van der Waals surface area contributed by atoms with Gasteiger partial charge in [0.15, 0.2) is 0 Å². The van der Waals surface area contributed by atoms with Crippen LogP contribution in [-0.2, 0) is 4.79 Å². The molecule has 1 unspecified atom stereocenters. The summed E-state index contributed by atoms with van der Waals surface area (Å²) in [5, 5.41) is 9.35. The largest absolute Gasteiger partial charge is 0.480 e.